The van der Waals surface area contributed by atoms with Gasteiger partial charge in [0.05, 0.1) is 18.6 Å². The molecule has 2 aromatic rings. The van der Waals surface area contributed by atoms with Crippen molar-refractivity contribution in [1.29, 1.82) is 0 Å². The van der Waals surface area contributed by atoms with Gasteiger partial charge in [-0.3, -0.25) is 10.1 Å². The number of nitro groups is 1. The number of hydrogen-bond acceptors (Lipinski definition) is 10. The lowest BCUT2D eigenvalue weighted by Gasteiger charge is -2.36. The van der Waals surface area contributed by atoms with Crippen LogP contribution in [0.4, 0.5) is 5.69 Å². The zero-order valence-corrected chi connectivity index (χ0v) is 16.9. The van der Waals surface area contributed by atoms with Gasteiger partial charge in [0.25, 0.3) is 5.69 Å². The number of phenolic OH excluding ortho intramolecular Hbond substituents is 1. The van der Waals surface area contributed by atoms with E-state index in [9.17, 15) is 30.2 Å². The number of rotatable bonds is 7. The number of carbonyl (C=O) groups is 1. The predicted molar refractivity (Wildman–Crippen MR) is 109 cm³/mol. The molecule has 1 aliphatic rings. The van der Waals surface area contributed by atoms with Crippen molar-refractivity contribution in [2.75, 3.05) is 13.7 Å². The minimum Gasteiger partial charge on any atom is -0.504 e. The number of phenols is 1. The summed E-state index contributed by atoms with van der Waals surface area (Å²) in [6.45, 7) is -0.272. The Hall–Kier alpha value is -3.67. The molecule has 4 atom stereocenters. The van der Waals surface area contributed by atoms with Crippen molar-refractivity contribution in [3.8, 4) is 17.2 Å². The van der Waals surface area contributed by atoms with Gasteiger partial charge in [-0.2, -0.15) is 0 Å². The maximum atomic E-state index is 12.2. The molecule has 0 aromatic heterocycles. The summed E-state index contributed by atoms with van der Waals surface area (Å²) in [6, 6.07) is 9.55. The second-order valence-corrected chi connectivity index (χ2v) is 6.79. The maximum Gasteiger partial charge on any atom is 0.331 e. The van der Waals surface area contributed by atoms with E-state index in [0.29, 0.717) is 5.56 Å². The monoisotopic (exact) mass is 447 g/mol. The molecule has 3 N–H and O–H groups in total. The Bertz CT molecular complexity index is 991. The van der Waals surface area contributed by atoms with Crippen LogP contribution in [0.1, 0.15) is 5.56 Å². The van der Waals surface area contributed by atoms with E-state index in [1.807, 2.05) is 0 Å². The Morgan fingerprint density at radius 3 is 2.59 bits per heavy atom. The molecule has 11 heteroatoms. The van der Waals surface area contributed by atoms with Gasteiger partial charge in [0, 0.05) is 18.2 Å². The zero-order chi connectivity index (χ0) is 23.3. The molecule has 0 spiro atoms. The third-order valence-electron chi connectivity index (χ3n) is 4.59. The summed E-state index contributed by atoms with van der Waals surface area (Å²) in [6.07, 6.45) is -2.94. The first-order chi connectivity index (χ1) is 15.3. The third kappa shape index (κ3) is 5.52. The number of benzene rings is 2. The van der Waals surface area contributed by atoms with Crippen LogP contribution in [-0.2, 0) is 14.3 Å². The molecular weight excluding hydrogens is 426 g/mol. The second kappa shape index (κ2) is 10.1. The number of aromatic hydroxyl groups is 1. The Kier molecular flexibility index (Phi) is 7.25. The van der Waals surface area contributed by atoms with Gasteiger partial charge in [-0.25, -0.2) is 4.79 Å². The number of non-ortho nitro benzene ring substituents is 1. The van der Waals surface area contributed by atoms with Crippen LogP contribution < -0.4 is 9.47 Å². The van der Waals surface area contributed by atoms with Gasteiger partial charge in [0.2, 0.25) is 6.29 Å². The number of esters is 1. The van der Waals surface area contributed by atoms with E-state index in [4.69, 9.17) is 18.9 Å². The third-order valence-corrected chi connectivity index (χ3v) is 4.59. The quantitative estimate of drug-likeness (QED) is 0.245. The second-order valence-electron chi connectivity index (χ2n) is 6.79. The van der Waals surface area contributed by atoms with E-state index in [1.54, 1.807) is 6.07 Å². The van der Waals surface area contributed by atoms with Crippen LogP contribution in [0, 0.1) is 10.1 Å². The zero-order valence-electron chi connectivity index (χ0n) is 16.9. The van der Waals surface area contributed by atoms with Crippen LogP contribution >= 0.6 is 0 Å². The summed E-state index contributed by atoms with van der Waals surface area (Å²) in [7, 11) is 1.39. The molecule has 0 aliphatic carbocycles. The molecule has 1 heterocycles. The van der Waals surface area contributed by atoms with Gasteiger partial charge in [-0.05, 0) is 35.9 Å². The highest BCUT2D eigenvalue weighted by Crippen LogP contribution is 2.27. The van der Waals surface area contributed by atoms with Crippen LogP contribution in [0.25, 0.3) is 6.08 Å². The molecule has 0 unspecified atom stereocenters. The summed E-state index contributed by atoms with van der Waals surface area (Å²) in [5.74, 6) is -0.486. The fourth-order valence-corrected chi connectivity index (χ4v) is 2.94. The fourth-order valence-electron chi connectivity index (χ4n) is 2.94. The number of aliphatic hydroxyl groups excluding tert-OH is 2. The number of aliphatic hydroxyl groups is 2. The molecular formula is C21H21NO10. The van der Waals surface area contributed by atoms with Crippen LogP contribution in [0.2, 0.25) is 0 Å². The summed E-state index contributed by atoms with van der Waals surface area (Å²) in [4.78, 5) is 22.4. The van der Waals surface area contributed by atoms with Gasteiger partial charge in [-0.15, -0.1) is 0 Å². The first kappa shape index (κ1) is 23.0. The van der Waals surface area contributed by atoms with Crippen molar-refractivity contribution >= 4 is 17.7 Å². The van der Waals surface area contributed by atoms with Gasteiger partial charge < -0.3 is 34.3 Å². The number of nitrogens with zero attached hydrogens (tertiary/aromatic N) is 1. The Morgan fingerprint density at radius 1 is 1.22 bits per heavy atom. The van der Waals surface area contributed by atoms with Crippen LogP contribution in [0.3, 0.4) is 0 Å². The molecule has 0 radical (unpaired) electrons. The van der Waals surface area contributed by atoms with Crippen LogP contribution in [0.5, 0.6) is 17.2 Å². The average molecular weight is 447 g/mol. The molecule has 0 saturated carbocycles. The lowest BCUT2D eigenvalue weighted by molar-refractivity contribution is -0.384. The van der Waals surface area contributed by atoms with E-state index in [-0.39, 0.29) is 29.5 Å². The smallest absolute Gasteiger partial charge is 0.331 e. The molecule has 11 nitrogen and oxygen atoms in total. The molecule has 1 fully saturated rings. The topological polar surface area (TPSA) is 158 Å². The van der Waals surface area contributed by atoms with E-state index in [2.05, 4.69) is 0 Å². The lowest BCUT2D eigenvalue weighted by Crippen LogP contribution is -2.56. The molecule has 0 bridgehead atoms. The molecule has 170 valence electrons. The van der Waals surface area contributed by atoms with Gasteiger partial charge >= 0.3 is 5.97 Å². The van der Waals surface area contributed by atoms with Gasteiger partial charge in [0.15, 0.2) is 23.7 Å². The van der Waals surface area contributed by atoms with E-state index < -0.39 is 35.5 Å². The molecule has 1 aliphatic heterocycles. The Balaban J connectivity index is 1.63. The Morgan fingerprint density at radius 2 is 1.94 bits per heavy atom. The van der Waals surface area contributed by atoms with E-state index >= 15 is 0 Å². The van der Waals surface area contributed by atoms with Crippen LogP contribution in [0.15, 0.2) is 48.5 Å². The highest BCUT2D eigenvalue weighted by molar-refractivity contribution is 5.87. The molecule has 2 aromatic carbocycles. The largest absolute Gasteiger partial charge is 0.504 e. The summed E-state index contributed by atoms with van der Waals surface area (Å²) < 4.78 is 20.9. The average Bonchev–Trinajstić information content (AvgIpc) is 2.78. The SMILES string of the molecule is COc1cc(C=CC(=O)O[C@@H]2[C@@H](O)[C@H](Oc3ccc([N+](=O)[O-])cc3)OC[C@H]2O)ccc1O. The number of carbonyl (C=O) groups excluding carboxylic acids is 1. The minimum atomic E-state index is -1.53. The number of nitro benzene ring substituents is 1. The number of hydrogen-bond donors (Lipinski definition) is 3. The predicted octanol–water partition coefficient (Wildman–Crippen LogP) is 1.39. The fraction of sp³-hybridized carbons (Fsp3) is 0.286. The van der Waals surface area contributed by atoms with Crippen molar-refractivity contribution in [1.82, 2.24) is 0 Å². The summed E-state index contributed by atoms with van der Waals surface area (Å²) in [5, 5.41) is 40.9. The minimum absolute atomic E-state index is 0.0558. The number of ether oxygens (including phenoxy) is 4. The molecule has 1 saturated heterocycles. The summed E-state index contributed by atoms with van der Waals surface area (Å²) in [5.41, 5.74) is 0.409. The van der Waals surface area contributed by atoms with Crippen molar-refractivity contribution in [2.45, 2.75) is 24.6 Å². The highest BCUT2D eigenvalue weighted by Gasteiger charge is 2.42. The van der Waals surface area contributed by atoms with Crippen molar-refractivity contribution in [3.05, 3.63) is 64.2 Å². The van der Waals surface area contributed by atoms with Crippen molar-refractivity contribution in [3.63, 3.8) is 0 Å². The van der Waals surface area contributed by atoms with Crippen molar-refractivity contribution in [2.24, 2.45) is 0 Å². The van der Waals surface area contributed by atoms with Crippen LogP contribution in [-0.4, -0.2) is 64.5 Å². The normalized spacial score (nSPS) is 23.0. The highest BCUT2D eigenvalue weighted by atomic mass is 16.7. The molecule has 3 rings (SSSR count). The molecule has 32 heavy (non-hydrogen) atoms. The van der Waals surface area contributed by atoms with Crippen molar-refractivity contribution < 1.29 is 44.0 Å². The van der Waals surface area contributed by atoms with E-state index in [0.717, 1.165) is 6.08 Å². The number of methoxy groups -OCH3 is 1. The standard InChI is InChI=1S/C21H21NO10/c1-29-17-10-12(2-8-15(17)23)3-9-18(25)32-20-16(24)11-30-21(19(20)26)31-14-6-4-13(5-7-14)22(27)28/h2-10,16,19-21,23-24,26H,11H2,1H3/t16-,19-,20+,21+/m1/s1. The van der Waals surface area contributed by atoms with E-state index in [1.165, 1.54) is 49.6 Å². The van der Waals surface area contributed by atoms with Gasteiger partial charge in [-0.1, -0.05) is 6.07 Å². The first-order valence-electron chi connectivity index (χ1n) is 9.43. The maximum absolute atomic E-state index is 12.2. The molecule has 0 amide bonds. The first-order valence-corrected chi connectivity index (χ1v) is 9.43. The summed E-state index contributed by atoms with van der Waals surface area (Å²) >= 11 is 0. The van der Waals surface area contributed by atoms with Gasteiger partial charge in [0.1, 0.15) is 11.9 Å². The Labute approximate surface area is 182 Å². The lowest BCUT2D eigenvalue weighted by atomic mass is 10.1.